The summed E-state index contributed by atoms with van der Waals surface area (Å²) in [6.07, 6.45) is 4.80. The van der Waals surface area contributed by atoms with Crippen LogP contribution in [0.15, 0.2) is 42.5 Å². The van der Waals surface area contributed by atoms with Gasteiger partial charge in [0.25, 0.3) is 0 Å². The molecule has 3 heterocycles. The number of carbonyl (C=O) groups is 1. The maximum Gasteiger partial charge on any atom is 0.220 e. The smallest absolute Gasteiger partial charge is 0.220 e. The van der Waals surface area contributed by atoms with Crippen molar-refractivity contribution in [1.29, 1.82) is 0 Å². The summed E-state index contributed by atoms with van der Waals surface area (Å²) in [6.45, 7) is 6.65. The molecule has 0 aliphatic carbocycles. The van der Waals surface area contributed by atoms with E-state index >= 15 is 0 Å². The van der Waals surface area contributed by atoms with E-state index in [2.05, 4.69) is 25.5 Å². The molecule has 3 aromatic rings. The van der Waals surface area contributed by atoms with E-state index in [1.54, 1.807) is 0 Å². The van der Waals surface area contributed by atoms with E-state index in [1.807, 2.05) is 61.0 Å². The highest BCUT2D eigenvalue weighted by Crippen LogP contribution is 2.21. The summed E-state index contributed by atoms with van der Waals surface area (Å²) in [5.41, 5.74) is 4.13. The normalized spacial score (nSPS) is 13.9. The van der Waals surface area contributed by atoms with E-state index in [0.29, 0.717) is 25.2 Å². The fourth-order valence-corrected chi connectivity index (χ4v) is 4.11. The van der Waals surface area contributed by atoms with Crippen molar-refractivity contribution in [1.82, 2.24) is 25.3 Å². The van der Waals surface area contributed by atoms with Gasteiger partial charge in [0.2, 0.25) is 5.91 Å². The Morgan fingerprint density at radius 3 is 2.39 bits per heavy atom. The number of aromatic nitrogens is 4. The standard InChI is InChI=1S/C24H30N6O/c1-18-21(11-14-24(31)25-17-20-9-5-3-6-10-20)19(2)30(28-18)23-13-12-22(26-27-23)29-15-7-4-8-16-29/h3,5-6,9-10,12-13H,4,7-8,11,14-17H2,1-2H3,(H,25,31). The molecule has 31 heavy (non-hydrogen) atoms. The van der Waals surface area contributed by atoms with Gasteiger partial charge in [0, 0.05) is 31.7 Å². The third-order valence-electron chi connectivity index (χ3n) is 5.91. The summed E-state index contributed by atoms with van der Waals surface area (Å²) in [7, 11) is 0. The SMILES string of the molecule is Cc1nn(-c2ccc(N3CCCCC3)nn2)c(C)c1CCC(=O)NCc1ccccc1. The monoisotopic (exact) mass is 418 g/mol. The van der Waals surface area contributed by atoms with Crippen molar-refractivity contribution in [2.75, 3.05) is 18.0 Å². The van der Waals surface area contributed by atoms with Crippen LogP contribution in [-0.2, 0) is 17.8 Å². The van der Waals surface area contributed by atoms with Crippen molar-refractivity contribution in [3.05, 3.63) is 65.0 Å². The number of nitrogens with zero attached hydrogens (tertiary/aromatic N) is 5. The molecule has 4 rings (SSSR count). The maximum atomic E-state index is 12.3. The van der Waals surface area contributed by atoms with E-state index in [0.717, 1.165) is 41.4 Å². The molecule has 2 aromatic heterocycles. The third-order valence-corrected chi connectivity index (χ3v) is 5.91. The first-order valence-corrected chi connectivity index (χ1v) is 11.1. The van der Waals surface area contributed by atoms with Gasteiger partial charge in [-0.3, -0.25) is 4.79 Å². The third kappa shape index (κ3) is 5.10. The molecule has 0 unspecified atom stereocenters. The topological polar surface area (TPSA) is 75.9 Å². The molecule has 7 nitrogen and oxygen atoms in total. The Hall–Kier alpha value is -3.22. The van der Waals surface area contributed by atoms with Crippen molar-refractivity contribution in [2.45, 2.75) is 52.5 Å². The van der Waals surface area contributed by atoms with Gasteiger partial charge in [-0.05, 0) is 62.8 Å². The average Bonchev–Trinajstić information content (AvgIpc) is 3.11. The molecule has 0 spiro atoms. The first-order chi connectivity index (χ1) is 15.1. The first-order valence-electron chi connectivity index (χ1n) is 11.1. The van der Waals surface area contributed by atoms with Crippen LogP contribution in [0.5, 0.6) is 0 Å². The Morgan fingerprint density at radius 1 is 0.968 bits per heavy atom. The molecule has 1 N–H and O–H groups in total. The largest absolute Gasteiger partial charge is 0.355 e. The molecule has 0 radical (unpaired) electrons. The van der Waals surface area contributed by atoms with Crippen molar-refractivity contribution >= 4 is 11.7 Å². The Labute approximate surface area is 183 Å². The highest BCUT2D eigenvalue weighted by molar-refractivity contribution is 5.76. The molecule has 0 bridgehead atoms. The number of carbonyl (C=O) groups excluding carboxylic acids is 1. The molecular formula is C24H30N6O. The lowest BCUT2D eigenvalue weighted by Gasteiger charge is -2.27. The van der Waals surface area contributed by atoms with E-state index in [-0.39, 0.29) is 5.91 Å². The summed E-state index contributed by atoms with van der Waals surface area (Å²) in [5, 5.41) is 16.5. The van der Waals surface area contributed by atoms with Crippen molar-refractivity contribution < 1.29 is 4.79 Å². The minimum Gasteiger partial charge on any atom is -0.355 e. The van der Waals surface area contributed by atoms with Crippen molar-refractivity contribution in [3.8, 4) is 5.82 Å². The van der Waals surface area contributed by atoms with Gasteiger partial charge in [0.15, 0.2) is 11.6 Å². The summed E-state index contributed by atoms with van der Waals surface area (Å²) >= 11 is 0. The van der Waals surface area contributed by atoms with Gasteiger partial charge >= 0.3 is 0 Å². The minimum atomic E-state index is 0.0427. The van der Waals surface area contributed by atoms with E-state index in [9.17, 15) is 4.79 Å². The van der Waals surface area contributed by atoms with Crippen LogP contribution in [0, 0.1) is 13.8 Å². The maximum absolute atomic E-state index is 12.3. The molecule has 0 saturated carbocycles. The van der Waals surface area contributed by atoms with Crippen LogP contribution < -0.4 is 10.2 Å². The second-order valence-corrected chi connectivity index (χ2v) is 8.12. The van der Waals surface area contributed by atoms with Gasteiger partial charge in [-0.25, -0.2) is 4.68 Å². The zero-order chi connectivity index (χ0) is 21.6. The predicted octanol–water partition coefficient (Wildman–Crippen LogP) is 3.52. The molecule has 1 saturated heterocycles. The molecule has 1 amide bonds. The van der Waals surface area contributed by atoms with E-state index < -0.39 is 0 Å². The van der Waals surface area contributed by atoms with Crippen LogP contribution in [0.2, 0.25) is 0 Å². The van der Waals surface area contributed by atoms with E-state index in [1.165, 1.54) is 19.3 Å². The quantitative estimate of drug-likeness (QED) is 0.635. The molecule has 1 aromatic carbocycles. The lowest BCUT2D eigenvalue weighted by Crippen LogP contribution is -2.30. The number of amides is 1. The Bertz CT molecular complexity index is 1010. The number of benzene rings is 1. The predicted molar refractivity (Wildman–Crippen MR) is 121 cm³/mol. The van der Waals surface area contributed by atoms with Gasteiger partial charge in [0.1, 0.15) is 0 Å². The van der Waals surface area contributed by atoms with Crippen LogP contribution in [0.25, 0.3) is 5.82 Å². The van der Waals surface area contributed by atoms with E-state index in [4.69, 9.17) is 0 Å². The Balaban J connectivity index is 1.38. The molecule has 162 valence electrons. The second kappa shape index (κ2) is 9.73. The van der Waals surface area contributed by atoms with Gasteiger partial charge in [-0.1, -0.05) is 30.3 Å². The number of aryl methyl sites for hydroxylation is 1. The Morgan fingerprint density at radius 2 is 1.68 bits per heavy atom. The van der Waals surface area contributed by atoms with Crippen LogP contribution >= 0.6 is 0 Å². The first kappa shape index (κ1) is 21.0. The number of piperidine rings is 1. The van der Waals surface area contributed by atoms with Crippen LogP contribution in [0.1, 0.15) is 48.2 Å². The number of anilines is 1. The second-order valence-electron chi connectivity index (χ2n) is 8.12. The lowest BCUT2D eigenvalue weighted by molar-refractivity contribution is -0.121. The van der Waals surface area contributed by atoms with Gasteiger partial charge in [-0.15, -0.1) is 10.2 Å². The molecule has 1 aliphatic heterocycles. The minimum absolute atomic E-state index is 0.0427. The highest BCUT2D eigenvalue weighted by Gasteiger charge is 2.17. The fraction of sp³-hybridized carbons (Fsp3) is 0.417. The zero-order valence-electron chi connectivity index (χ0n) is 18.3. The zero-order valence-corrected chi connectivity index (χ0v) is 18.3. The fourth-order valence-electron chi connectivity index (χ4n) is 4.11. The number of rotatable bonds is 7. The van der Waals surface area contributed by atoms with Gasteiger partial charge < -0.3 is 10.2 Å². The molecule has 1 aliphatic rings. The number of hydrogen-bond donors (Lipinski definition) is 1. The summed E-state index contributed by atoms with van der Waals surface area (Å²) in [6, 6.07) is 14.0. The molecule has 1 fully saturated rings. The van der Waals surface area contributed by atoms with Crippen LogP contribution in [0.3, 0.4) is 0 Å². The molecule has 7 heteroatoms. The van der Waals surface area contributed by atoms with Crippen LogP contribution in [0.4, 0.5) is 5.82 Å². The molecular weight excluding hydrogens is 388 g/mol. The molecule has 0 atom stereocenters. The summed E-state index contributed by atoms with van der Waals surface area (Å²) in [4.78, 5) is 14.6. The lowest BCUT2D eigenvalue weighted by atomic mass is 10.1. The van der Waals surface area contributed by atoms with Crippen molar-refractivity contribution in [2.24, 2.45) is 0 Å². The number of nitrogens with one attached hydrogen (secondary N) is 1. The van der Waals surface area contributed by atoms with Gasteiger partial charge in [0.05, 0.1) is 5.69 Å². The summed E-state index contributed by atoms with van der Waals surface area (Å²) in [5.74, 6) is 1.68. The van der Waals surface area contributed by atoms with Crippen molar-refractivity contribution in [3.63, 3.8) is 0 Å². The Kier molecular flexibility index (Phi) is 6.60. The van der Waals surface area contributed by atoms with Gasteiger partial charge in [-0.2, -0.15) is 5.10 Å². The average molecular weight is 419 g/mol. The highest BCUT2D eigenvalue weighted by atomic mass is 16.1. The number of hydrogen-bond acceptors (Lipinski definition) is 5. The van der Waals surface area contributed by atoms with Crippen LogP contribution in [-0.4, -0.2) is 39.0 Å². The summed E-state index contributed by atoms with van der Waals surface area (Å²) < 4.78 is 1.83.